The SMILES string of the molecule is CCOc1ccc(NS(=O)(=O)c2cc(C(=O)OC(C)C(=O)N3N=C(c4ccc(Cl)cc4)CC3c3ccco3)ccc2C)cc1. The van der Waals surface area contributed by atoms with Gasteiger partial charge in [0, 0.05) is 17.1 Å². The molecule has 1 N–H and O–H groups in total. The van der Waals surface area contributed by atoms with Crippen LogP contribution in [0.3, 0.4) is 0 Å². The lowest BCUT2D eigenvalue weighted by Crippen LogP contribution is -2.37. The highest BCUT2D eigenvalue weighted by Gasteiger charge is 2.38. The number of halogens is 1. The molecule has 0 bridgehead atoms. The number of esters is 1. The van der Waals surface area contributed by atoms with Gasteiger partial charge in [-0.1, -0.05) is 29.8 Å². The smallest absolute Gasteiger partial charge is 0.338 e. The summed E-state index contributed by atoms with van der Waals surface area (Å²) in [4.78, 5) is 26.6. The molecule has 3 aromatic carbocycles. The Hall–Kier alpha value is -4.61. The zero-order valence-corrected chi connectivity index (χ0v) is 25.8. The first-order valence-electron chi connectivity index (χ1n) is 13.8. The molecule has 4 aromatic rings. The number of anilines is 1. The molecule has 0 aliphatic carbocycles. The van der Waals surface area contributed by atoms with Crippen molar-refractivity contribution in [2.45, 2.75) is 44.2 Å². The van der Waals surface area contributed by atoms with Crippen molar-refractivity contribution >= 4 is 44.9 Å². The highest BCUT2D eigenvalue weighted by molar-refractivity contribution is 7.92. The molecule has 0 saturated heterocycles. The predicted octanol–water partition coefficient (Wildman–Crippen LogP) is 6.36. The lowest BCUT2D eigenvalue weighted by Gasteiger charge is -2.23. The van der Waals surface area contributed by atoms with Gasteiger partial charge < -0.3 is 13.9 Å². The summed E-state index contributed by atoms with van der Waals surface area (Å²) in [6.07, 6.45) is 0.647. The molecule has 12 heteroatoms. The van der Waals surface area contributed by atoms with Crippen molar-refractivity contribution in [3.05, 3.63) is 113 Å². The van der Waals surface area contributed by atoms with Gasteiger partial charge >= 0.3 is 5.97 Å². The number of furan rings is 1. The molecule has 1 aromatic heterocycles. The Morgan fingerprint density at radius 1 is 1.09 bits per heavy atom. The maximum absolute atomic E-state index is 13.6. The van der Waals surface area contributed by atoms with Crippen LogP contribution in [0, 0.1) is 6.92 Å². The van der Waals surface area contributed by atoms with Crippen LogP contribution in [0.4, 0.5) is 5.69 Å². The number of hydrogen-bond donors (Lipinski definition) is 1. The third kappa shape index (κ3) is 6.79. The number of rotatable bonds is 10. The summed E-state index contributed by atoms with van der Waals surface area (Å²) < 4.78 is 45.5. The van der Waals surface area contributed by atoms with Gasteiger partial charge in [-0.3, -0.25) is 9.52 Å². The third-order valence-electron chi connectivity index (χ3n) is 6.95. The van der Waals surface area contributed by atoms with Crippen molar-refractivity contribution in [1.82, 2.24) is 5.01 Å². The van der Waals surface area contributed by atoms with Gasteiger partial charge in [0.1, 0.15) is 17.6 Å². The van der Waals surface area contributed by atoms with E-state index in [0.717, 1.165) is 5.56 Å². The summed E-state index contributed by atoms with van der Waals surface area (Å²) in [6, 6.07) is 20.7. The van der Waals surface area contributed by atoms with Crippen LogP contribution in [0.2, 0.25) is 5.02 Å². The largest absolute Gasteiger partial charge is 0.494 e. The molecule has 44 heavy (non-hydrogen) atoms. The quantitative estimate of drug-likeness (QED) is 0.201. The number of aryl methyl sites for hydroxylation is 1. The topological polar surface area (TPSA) is 128 Å². The van der Waals surface area contributed by atoms with E-state index in [2.05, 4.69) is 9.82 Å². The van der Waals surface area contributed by atoms with Gasteiger partial charge in [0.15, 0.2) is 6.10 Å². The Bertz CT molecular complexity index is 1790. The number of amides is 1. The second-order valence-corrected chi connectivity index (χ2v) is 12.1. The number of carbonyl (C=O) groups excluding carboxylic acids is 2. The van der Waals surface area contributed by atoms with Crippen LogP contribution in [-0.2, 0) is 19.6 Å². The van der Waals surface area contributed by atoms with Gasteiger partial charge in [-0.25, -0.2) is 18.2 Å². The lowest BCUT2D eigenvalue weighted by atomic mass is 10.0. The molecule has 1 aliphatic rings. The zero-order valence-electron chi connectivity index (χ0n) is 24.2. The fourth-order valence-corrected chi connectivity index (χ4v) is 6.17. The van der Waals surface area contributed by atoms with Crippen LogP contribution in [0.15, 0.2) is 99.5 Å². The number of hydrogen-bond acceptors (Lipinski definition) is 8. The van der Waals surface area contributed by atoms with E-state index >= 15 is 0 Å². The highest BCUT2D eigenvalue weighted by atomic mass is 35.5. The van der Waals surface area contributed by atoms with Gasteiger partial charge in [-0.2, -0.15) is 5.10 Å². The Balaban J connectivity index is 1.33. The van der Waals surface area contributed by atoms with Crippen LogP contribution >= 0.6 is 11.6 Å². The second kappa shape index (κ2) is 12.9. The van der Waals surface area contributed by atoms with Gasteiger partial charge in [0.2, 0.25) is 0 Å². The van der Waals surface area contributed by atoms with Crippen molar-refractivity contribution < 1.29 is 31.9 Å². The average molecular weight is 636 g/mol. The molecule has 228 valence electrons. The highest BCUT2D eigenvalue weighted by Crippen LogP contribution is 2.34. The van der Waals surface area contributed by atoms with Crippen molar-refractivity contribution in [1.29, 1.82) is 0 Å². The van der Waals surface area contributed by atoms with E-state index in [-0.39, 0.29) is 10.5 Å². The van der Waals surface area contributed by atoms with Crippen LogP contribution < -0.4 is 9.46 Å². The monoisotopic (exact) mass is 635 g/mol. The first-order chi connectivity index (χ1) is 21.1. The average Bonchev–Trinajstić information content (AvgIpc) is 3.69. The fourth-order valence-electron chi connectivity index (χ4n) is 4.71. The second-order valence-electron chi connectivity index (χ2n) is 10.1. The minimum Gasteiger partial charge on any atom is -0.494 e. The standard InChI is InChI=1S/C32H30ClN3O7S/c1-4-41-26-15-13-25(14-16-26)35-44(39,40)30-18-23(8-7-20(30)2)32(38)43-21(3)31(37)36-28(29-6-5-17-42-29)19-27(34-36)22-9-11-24(33)12-10-22/h5-18,21,28,35H,4,19H2,1-3H3. The Morgan fingerprint density at radius 2 is 1.82 bits per heavy atom. The number of sulfonamides is 1. The van der Waals surface area contributed by atoms with E-state index in [9.17, 15) is 18.0 Å². The molecule has 2 unspecified atom stereocenters. The first-order valence-corrected chi connectivity index (χ1v) is 15.7. The zero-order chi connectivity index (χ0) is 31.4. The van der Waals surface area contributed by atoms with Crippen molar-refractivity contribution in [3.63, 3.8) is 0 Å². The molecular formula is C32H30ClN3O7S. The van der Waals surface area contributed by atoms with Gasteiger partial charge in [-0.05, 0) is 92.6 Å². The number of hydrazone groups is 1. The van der Waals surface area contributed by atoms with Crippen LogP contribution in [0.25, 0.3) is 0 Å². The number of ether oxygens (including phenoxy) is 2. The summed E-state index contributed by atoms with van der Waals surface area (Å²) in [5.41, 5.74) is 2.15. The minimum atomic E-state index is -4.06. The molecule has 2 heterocycles. The van der Waals surface area contributed by atoms with E-state index in [4.69, 9.17) is 25.5 Å². The summed E-state index contributed by atoms with van der Waals surface area (Å²) in [6.45, 7) is 5.39. The molecule has 0 saturated carbocycles. The van der Waals surface area contributed by atoms with E-state index in [0.29, 0.717) is 46.5 Å². The van der Waals surface area contributed by atoms with Crippen molar-refractivity contribution in [2.75, 3.05) is 11.3 Å². The van der Waals surface area contributed by atoms with E-state index in [1.165, 1.54) is 36.4 Å². The number of nitrogens with zero attached hydrogens (tertiary/aromatic N) is 2. The maximum atomic E-state index is 13.6. The van der Waals surface area contributed by atoms with E-state index in [1.807, 2.05) is 19.1 Å². The summed E-state index contributed by atoms with van der Waals surface area (Å²) >= 11 is 6.03. The molecule has 1 aliphatic heterocycles. The molecule has 0 fully saturated rings. The lowest BCUT2D eigenvalue weighted by molar-refractivity contribution is -0.142. The number of carbonyl (C=O) groups is 2. The van der Waals surface area contributed by atoms with Crippen LogP contribution in [0.5, 0.6) is 5.75 Å². The van der Waals surface area contributed by atoms with Gasteiger partial charge in [-0.15, -0.1) is 0 Å². The Kier molecular flexibility index (Phi) is 9.07. The Labute approximate surface area is 260 Å². The van der Waals surface area contributed by atoms with Gasteiger partial charge in [0.25, 0.3) is 15.9 Å². The summed E-state index contributed by atoms with van der Waals surface area (Å²) in [5, 5.41) is 6.38. The van der Waals surface area contributed by atoms with Crippen LogP contribution in [0.1, 0.15) is 53.6 Å². The minimum absolute atomic E-state index is 0.0309. The van der Waals surface area contributed by atoms with Gasteiger partial charge in [0.05, 0.1) is 29.0 Å². The van der Waals surface area contributed by atoms with E-state index in [1.54, 1.807) is 55.5 Å². The fraction of sp³-hybridized carbons (Fsp3) is 0.219. The summed E-state index contributed by atoms with van der Waals surface area (Å²) in [7, 11) is -4.06. The maximum Gasteiger partial charge on any atom is 0.338 e. The molecule has 0 radical (unpaired) electrons. The normalized spacial score (nSPS) is 15.4. The summed E-state index contributed by atoms with van der Waals surface area (Å²) in [5.74, 6) is -0.297. The molecule has 1 amide bonds. The number of benzene rings is 3. The third-order valence-corrected chi connectivity index (χ3v) is 8.72. The van der Waals surface area contributed by atoms with E-state index < -0.39 is 34.0 Å². The predicted molar refractivity (Wildman–Crippen MR) is 165 cm³/mol. The number of nitrogens with one attached hydrogen (secondary N) is 1. The Morgan fingerprint density at radius 3 is 2.48 bits per heavy atom. The van der Waals surface area contributed by atoms with Crippen LogP contribution in [-0.4, -0.2) is 43.7 Å². The molecule has 2 atom stereocenters. The first kappa shape index (κ1) is 30.8. The molecule has 10 nitrogen and oxygen atoms in total. The van der Waals surface area contributed by atoms with Crippen molar-refractivity contribution in [2.24, 2.45) is 5.10 Å². The van der Waals surface area contributed by atoms with Crippen molar-refractivity contribution in [3.8, 4) is 5.75 Å². The molecule has 5 rings (SSSR count). The molecular weight excluding hydrogens is 606 g/mol. The molecule has 0 spiro atoms.